The van der Waals surface area contributed by atoms with Crippen molar-refractivity contribution in [1.29, 1.82) is 0 Å². The Labute approximate surface area is 112 Å². The highest BCUT2D eigenvalue weighted by atomic mass is 16.5. The van der Waals surface area contributed by atoms with Crippen molar-refractivity contribution in [3.8, 4) is 11.5 Å². The van der Waals surface area contributed by atoms with Crippen LogP contribution in [0.15, 0.2) is 18.2 Å². The minimum atomic E-state index is -0.844. The van der Waals surface area contributed by atoms with E-state index in [9.17, 15) is 4.79 Å². The molecule has 0 aliphatic heterocycles. The Morgan fingerprint density at radius 1 is 1.32 bits per heavy atom. The molecule has 0 radical (unpaired) electrons. The van der Waals surface area contributed by atoms with Crippen LogP contribution in [0.5, 0.6) is 11.5 Å². The van der Waals surface area contributed by atoms with Crippen molar-refractivity contribution in [2.75, 3.05) is 38.8 Å². The molecule has 0 amide bonds. The quantitative estimate of drug-likeness (QED) is 0.730. The molecule has 6 nitrogen and oxygen atoms in total. The summed E-state index contributed by atoms with van der Waals surface area (Å²) < 4.78 is 10.5. The summed E-state index contributed by atoms with van der Waals surface area (Å²) in [5.41, 5.74) is 6.36. The molecule has 0 unspecified atom stereocenters. The first-order valence-electron chi connectivity index (χ1n) is 6.01. The van der Waals surface area contributed by atoms with E-state index >= 15 is 0 Å². The molecule has 3 N–H and O–H groups in total. The molecular formula is C13H20N2O4. The Kier molecular flexibility index (Phi) is 5.95. The van der Waals surface area contributed by atoms with Crippen molar-refractivity contribution >= 4 is 11.7 Å². The Bertz CT molecular complexity index is 423. The summed E-state index contributed by atoms with van der Waals surface area (Å²) >= 11 is 0. The van der Waals surface area contributed by atoms with Crippen LogP contribution in [0.2, 0.25) is 0 Å². The Hall–Kier alpha value is -1.95. The first-order chi connectivity index (χ1) is 9.12. The van der Waals surface area contributed by atoms with Gasteiger partial charge in [0.1, 0.15) is 11.5 Å². The van der Waals surface area contributed by atoms with Gasteiger partial charge in [0.25, 0.3) is 0 Å². The fourth-order valence-electron chi connectivity index (χ4n) is 1.78. The third kappa shape index (κ3) is 4.33. The minimum absolute atomic E-state index is 0.0420. The number of carboxylic acids is 1. The number of rotatable bonds is 8. The van der Waals surface area contributed by atoms with E-state index in [4.69, 9.17) is 20.3 Å². The summed E-state index contributed by atoms with van der Waals surface area (Å²) in [5, 5.41) is 8.79. The maximum absolute atomic E-state index is 10.7. The predicted molar refractivity (Wildman–Crippen MR) is 73.1 cm³/mol. The van der Waals surface area contributed by atoms with Crippen LogP contribution < -0.4 is 20.1 Å². The molecule has 106 valence electrons. The van der Waals surface area contributed by atoms with Crippen molar-refractivity contribution in [2.45, 2.75) is 6.42 Å². The van der Waals surface area contributed by atoms with Crippen molar-refractivity contribution in [1.82, 2.24) is 0 Å². The number of hydrogen-bond donors (Lipinski definition) is 2. The van der Waals surface area contributed by atoms with Gasteiger partial charge in [-0.1, -0.05) is 0 Å². The number of methoxy groups -OCH3 is 2. The number of ether oxygens (including phenoxy) is 2. The molecule has 1 aromatic rings. The summed E-state index contributed by atoms with van der Waals surface area (Å²) in [4.78, 5) is 12.6. The molecule has 0 aromatic heterocycles. The van der Waals surface area contributed by atoms with Gasteiger partial charge in [-0.2, -0.15) is 0 Å². The summed E-state index contributed by atoms with van der Waals surface area (Å²) in [6.07, 6.45) is 0.0420. The highest BCUT2D eigenvalue weighted by Crippen LogP contribution is 2.32. The van der Waals surface area contributed by atoms with Crippen LogP contribution in [0.1, 0.15) is 6.42 Å². The molecule has 19 heavy (non-hydrogen) atoms. The van der Waals surface area contributed by atoms with Gasteiger partial charge in [0.2, 0.25) is 0 Å². The molecule has 0 spiro atoms. The maximum atomic E-state index is 10.7. The fourth-order valence-corrected chi connectivity index (χ4v) is 1.78. The molecule has 0 fully saturated rings. The Balaban J connectivity index is 3.00. The molecule has 1 aromatic carbocycles. The van der Waals surface area contributed by atoms with Crippen molar-refractivity contribution in [3.05, 3.63) is 18.2 Å². The second kappa shape index (κ2) is 7.48. The zero-order valence-electron chi connectivity index (χ0n) is 11.3. The average Bonchev–Trinajstić information content (AvgIpc) is 2.42. The number of hydrogen-bond acceptors (Lipinski definition) is 5. The average molecular weight is 268 g/mol. The van der Waals surface area contributed by atoms with Gasteiger partial charge in [0.05, 0.1) is 26.3 Å². The first kappa shape index (κ1) is 15.1. The molecule has 0 aliphatic carbocycles. The number of anilines is 1. The molecule has 6 heteroatoms. The minimum Gasteiger partial charge on any atom is -0.497 e. The van der Waals surface area contributed by atoms with E-state index < -0.39 is 5.97 Å². The van der Waals surface area contributed by atoms with Crippen molar-refractivity contribution in [3.63, 3.8) is 0 Å². The highest BCUT2D eigenvalue weighted by Gasteiger charge is 2.14. The second-order valence-corrected chi connectivity index (χ2v) is 3.96. The van der Waals surface area contributed by atoms with E-state index in [1.165, 1.54) is 0 Å². The largest absolute Gasteiger partial charge is 0.497 e. The van der Waals surface area contributed by atoms with Crippen molar-refractivity contribution < 1.29 is 19.4 Å². The third-order valence-electron chi connectivity index (χ3n) is 2.72. The molecule has 0 atom stereocenters. The number of nitrogens with two attached hydrogens (primary N) is 1. The molecule has 0 heterocycles. The zero-order chi connectivity index (χ0) is 14.3. The summed E-state index contributed by atoms with van der Waals surface area (Å²) in [5.74, 6) is 0.511. The van der Waals surface area contributed by atoms with Gasteiger partial charge >= 0.3 is 5.97 Å². The predicted octanol–water partition coefficient (Wildman–Crippen LogP) is 0.944. The lowest BCUT2D eigenvalue weighted by Gasteiger charge is -2.25. The van der Waals surface area contributed by atoms with E-state index in [1.807, 2.05) is 11.0 Å². The van der Waals surface area contributed by atoms with Crippen LogP contribution in [-0.2, 0) is 4.79 Å². The molecule has 0 saturated heterocycles. The van der Waals surface area contributed by atoms with Crippen LogP contribution >= 0.6 is 0 Å². The fraction of sp³-hybridized carbons (Fsp3) is 0.462. The monoisotopic (exact) mass is 268 g/mol. The SMILES string of the molecule is COc1ccc(OC)c(N(CCN)CCC(=O)O)c1. The number of benzene rings is 1. The van der Waals surface area contributed by atoms with Crippen LogP contribution in [-0.4, -0.2) is 44.9 Å². The summed E-state index contributed by atoms with van der Waals surface area (Å²) in [7, 11) is 3.15. The zero-order valence-corrected chi connectivity index (χ0v) is 11.3. The maximum Gasteiger partial charge on any atom is 0.305 e. The van der Waals surface area contributed by atoms with Gasteiger partial charge in [-0.05, 0) is 12.1 Å². The summed E-state index contributed by atoms with van der Waals surface area (Å²) in [6.45, 7) is 1.35. The van der Waals surface area contributed by atoms with E-state index in [0.29, 0.717) is 31.1 Å². The first-order valence-corrected chi connectivity index (χ1v) is 6.01. The third-order valence-corrected chi connectivity index (χ3v) is 2.72. The molecule has 0 aliphatic rings. The van der Waals surface area contributed by atoms with Gasteiger partial charge in [-0.25, -0.2) is 0 Å². The van der Waals surface area contributed by atoms with E-state index in [2.05, 4.69) is 0 Å². The number of aliphatic carboxylic acids is 1. The van der Waals surface area contributed by atoms with Crippen LogP contribution in [0, 0.1) is 0 Å². The molecule has 0 bridgehead atoms. The van der Waals surface area contributed by atoms with Gasteiger partial charge < -0.3 is 25.2 Å². The van der Waals surface area contributed by atoms with Crippen LogP contribution in [0.3, 0.4) is 0 Å². The van der Waals surface area contributed by atoms with Crippen LogP contribution in [0.25, 0.3) is 0 Å². The van der Waals surface area contributed by atoms with Gasteiger partial charge in [0, 0.05) is 25.7 Å². The van der Waals surface area contributed by atoms with Gasteiger partial charge in [-0.15, -0.1) is 0 Å². The van der Waals surface area contributed by atoms with Crippen molar-refractivity contribution in [2.24, 2.45) is 5.73 Å². The van der Waals surface area contributed by atoms with Gasteiger partial charge in [-0.3, -0.25) is 4.79 Å². The van der Waals surface area contributed by atoms with E-state index in [1.54, 1.807) is 26.4 Å². The standard InChI is InChI=1S/C13H20N2O4/c1-18-10-3-4-12(19-2)11(9-10)15(8-6-14)7-5-13(16)17/h3-4,9H,5-8,14H2,1-2H3,(H,16,17). The number of carbonyl (C=O) groups is 1. The topological polar surface area (TPSA) is 85.0 Å². The Morgan fingerprint density at radius 2 is 2.05 bits per heavy atom. The van der Waals surface area contributed by atoms with Gasteiger partial charge in [0.15, 0.2) is 0 Å². The lowest BCUT2D eigenvalue weighted by molar-refractivity contribution is -0.136. The van der Waals surface area contributed by atoms with Crippen LogP contribution in [0.4, 0.5) is 5.69 Å². The highest BCUT2D eigenvalue weighted by molar-refractivity contribution is 5.68. The Morgan fingerprint density at radius 3 is 2.58 bits per heavy atom. The lowest BCUT2D eigenvalue weighted by atomic mass is 10.2. The lowest BCUT2D eigenvalue weighted by Crippen LogP contribution is -2.31. The van der Waals surface area contributed by atoms with E-state index in [0.717, 1.165) is 5.69 Å². The van der Waals surface area contributed by atoms with E-state index in [-0.39, 0.29) is 6.42 Å². The second-order valence-electron chi connectivity index (χ2n) is 3.96. The molecular weight excluding hydrogens is 248 g/mol. The number of nitrogens with zero attached hydrogens (tertiary/aromatic N) is 1. The normalized spacial score (nSPS) is 10.1. The molecule has 1 rings (SSSR count). The summed E-state index contributed by atoms with van der Waals surface area (Å²) in [6, 6.07) is 5.40. The number of carboxylic acid groups (broad SMARTS) is 1. The smallest absolute Gasteiger partial charge is 0.305 e. The molecule has 0 saturated carbocycles.